The predicted molar refractivity (Wildman–Crippen MR) is 95.0 cm³/mol. The Morgan fingerprint density at radius 2 is 1.88 bits per heavy atom. The highest BCUT2D eigenvalue weighted by atomic mass is 19.1. The molecule has 1 unspecified atom stereocenters. The van der Waals surface area contributed by atoms with Crippen LogP contribution in [-0.4, -0.2) is 16.9 Å². The van der Waals surface area contributed by atoms with Crippen LogP contribution in [0.15, 0.2) is 11.6 Å². The van der Waals surface area contributed by atoms with Crippen LogP contribution in [0, 0.1) is 40.4 Å². The second kappa shape index (κ2) is 5.34. The summed E-state index contributed by atoms with van der Waals surface area (Å²) in [5, 5.41) is 11.2. The topological polar surface area (TPSA) is 20.2 Å². The summed E-state index contributed by atoms with van der Waals surface area (Å²) in [7, 11) is 0. The van der Waals surface area contributed by atoms with Gasteiger partial charge in [0, 0.05) is 11.8 Å². The fourth-order valence-corrected chi connectivity index (χ4v) is 7.04. The van der Waals surface area contributed by atoms with Crippen molar-refractivity contribution in [2.75, 3.05) is 0 Å². The van der Waals surface area contributed by atoms with Gasteiger partial charge in [-0.05, 0) is 75.0 Å². The SMILES string of the molecule is CC#C[C@]1(O)CC[C@H]2[C@@H]3CC=C4CC(F)CC[C@]4(C)[C@H]3CC[C@@]21C. The van der Waals surface area contributed by atoms with E-state index >= 15 is 0 Å². The third-order valence-electron chi connectivity index (χ3n) is 8.53. The average molecular weight is 330 g/mol. The van der Waals surface area contributed by atoms with Crippen molar-refractivity contribution in [1.29, 1.82) is 0 Å². The summed E-state index contributed by atoms with van der Waals surface area (Å²) in [6, 6.07) is 0. The quantitative estimate of drug-likeness (QED) is 0.487. The number of hydrogen-bond donors (Lipinski definition) is 1. The summed E-state index contributed by atoms with van der Waals surface area (Å²) in [4.78, 5) is 0. The molecule has 0 aromatic rings. The van der Waals surface area contributed by atoms with Gasteiger partial charge in [0.25, 0.3) is 0 Å². The van der Waals surface area contributed by atoms with Gasteiger partial charge >= 0.3 is 0 Å². The first-order valence-electron chi connectivity index (χ1n) is 9.84. The molecule has 3 fully saturated rings. The van der Waals surface area contributed by atoms with Crippen LogP contribution >= 0.6 is 0 Å². The Bertz CT molecular complexity index is 628. The third kappa shape index (κ3) is 2.03. The van der Waals surface area contributed by atoms with E-state index in [9.17, 15) is 9.50 Å². The van der Waals surface area contributed by atoms with E-state index in [2.05, 4.69) is 31.8 Å². The minimum Gasteiger partial charge on any atom is -0.377 e. The smallest absolute Gasteiger partial charge is 0.131 e. The third-order valence-corrected chi connectivity index (χ3v) is 8.53. The van der Waals surface area contributed by atoms with Crippen molar-refractivity contribution in [3.05, 3.63) is 11.6 Å². The lowest BCUT2D eigenvalue weighted by Crippen LogP contribution is -2.54. The van der Waals surface area contributed by atoms with Crippen molar-refractivity contribution in [3.63, 3.8) is 0 Å². The minimum atomic E-state index is -0.807. The van der Waals surface area contributed by atoms with Crippen molar-refractivity contribution >= 4 is 0 Å². The highest BCUT2D eigenvalue weighted by molar-refractivity contribution is 5.29. The molecule has 0 radical (unpaired) electrons. The molecule has 0 amide bonds. The Hall–Kier alpha value is -0.810. The molecule has 0 saturated heterocycles. The van der Waals surface area contributed by atoms with Crippen LogP contribution < -0.4 is 0 Å². The van der Waals surface area contributed by atoms with Crippen molar-refractivity contribution < 1.29 is 9.50 Å². The zero-order valence-corrected chi connectivity index (χ0v) is 15.4. The van der Waals surface area contributed by atoms with Gasteiger partial charge in [0.05, 0.1) is 0 Å². The summed E-state index contributed by atoms with van der Waals surface area (Å²) < 4.78 is 13.9. The van der Waals surface area contributed by atoms with E-state index in [-0.39, 0.29) is 10.8 Å². The molecule has 24 heavy (non-hydrogen) atoms. The molecule has 0 aliphatic heterocycles. The summed E-state index contributed by atoms with van der Waals surface area (Å²) >= 11 is 0. The summed E-state index contributed by atoms with van der Waals surface area (Å²) in [5.74, 6) is 8.01. The Labute approximate surface area is 146 Å². The molecule has 0 aromatic heterocycles. The minimum absolute atomic E-state index is 0.0732. The standard InChI is InChI=1S/C22H31FO/c1-4-10-22(24)13-9-19-17-6-5-15-14-16(23)7-11-20(15,2)18(17)8-12-21(19,22)3/h5,16-19,24H,6-9,11-14H2,1-3H3/t16?,17-,18+,19+,20+,21+,22+/m1/s1. The molecular weight excluding hydrogens is 299 g/mol. The Kier molecular flexibility index (Phi) is 3.70. The van der Waals surface area contributed by atoms with Crippen molar-refractivity contribution in [2.24, 2.45) is 28.6 Å². The normalized spacial score (nSPS) is 53.1. The number of hydrogen-bond acceptors (Lipinski definition) is 1. The number of allylic oxidation sites excluding steroid dienone is 2. The first kappa shape index (κ1) is 16.6. The molecular formula is C22H31FO. The van der Waals surface area contributed by atoms with Gasteiger partial charge in [-0.3, -0.25) is 0 Å². The molecule has 4 rings (SSSR count). The number of aliphatic hydroxyl groups is 1. The van der Waals surface area contributed by atoms with Gasteiger partial charge in [-0.15, -0.1) is 5.92 Å². The molecule has 0 bridgehead atoms. The molecule has 4 aliphatic carbocycles. The van der Waals surface area contributed by atoms with Crippen LogP contribution in [0.3, 0.4) is 0 Å². The van der Waals surface area contributed by atoms with Crippen LogP contribution in [0.4, 0.5) is 4.39 Å². The summed E-state index contributed by atoms with van der Waals surface area (Å²) in [6.45, 7) is 6.52. The van der Waals surface area contributed by atoms with Crippen LogP contribution in [-0.2, 0) is 0 Å². The molecule has 4 aliphatic rings. The maximum atomic E-state index is 13.9. The zero-order chi connectivity index (χ0) is 17.2. The van der Waals surface area contributed by atoms with E-state index in [0.29, 0.717) is 24.2 Å². The molecule has 7 atom stereocenters. The first-order valence-corrected chi connectivity index (χ1v) is 9.84. The van der Waals surface area contributed by atoms with E-state index in [4.69, 9.17) is 0 Å². The van der Waals surface area contributed by atoms with Gasteiger partial charge in [-0.25, -0.2) is 4.39 Å². The Balaban J connectivity index is 1.69. The van der Waals surface area contributed by atoms with Gasteiger partial charge in [-0.1, -0.05) is 31.4 Å². The molecule has 132 valence electrons. The number of alkyl halides is 1. The Morgan fingerprint density at radius 1 is 1.12 bits per heavy atom. The largest absolute Gasteiger partial charge is 0.377 e. The number of fused-ring (bicyclic) bond motifs is 5. The van der Waals surface area contributed by atoms with Gasteiger partial charge in [0.15, 0.2) is 0 Å². The van der Waals surface area contributed by atoms with E-state index in [1.807, 2.05) is 6.92 Å². The lowest BCUT2D eigenvalue weighted by Gasteiger charge is -2.58. The van der Waals surface area contributed by atoms with E-state index < -0.39 is 11.8 Å². The van der Waals surface area contributed by atoms with E-state index in [0.717, 1.165) is 44.9 Å². The number of halogens is 1. The lowest BCUT2D eigenvalue weighted by atomic mass is 9.47. The number of rotatable bonds is 0. The molecule has 0 spiro atoms. The van der Waals surface area contributed by atoms with E-state index in [1.54, 1.807) is 0 Å². The summed E-state index contributed by atoms with van der Waals surface area (Å²) in [6.07, 6.45) is 9.35. The highest BCUT2D eigenvalue weighted by Crippen LogP contribution is 2.67. The summed E-state index contributed by atoms with van der Waals surface area (Å²) in [5.41, 5.74) is 0.715. The maximum Gasteiger partial charge on any atom is 0.131 e. The second-order valence-electron chi connectivity index (χ2n) is 9.33. The van der Waals surface area contributed by atoms with Crippen molar-refractivity contribution in [3.8, 4) is 11.8 Å². The zero-order valence-electron chi connectivity index (χ0n) is 15.4. The van der Waals surface area contributed by atoms with Crippen LogP contribution in [0.1, 0.15) is 72.1 Å². The lowest BCUT2D eigenvalue weighted by molar-refractivity contribution is -0.0957. The average Bonchev–Trinajstić information content (AvgIpc) is 2.80. The van der Waals surface area contributed by atoms with Gasteiger partial charge in [0.2, 0.25) is 0 Å². The first-order chi connectivity index (χ1) is 11.3. The van der Waals surface area contributed by atoms with Crippen LogP contribution in [0.2, 0.25) is 0 Å². The van der Waals surface area contributed by atoms with E-state index in [1.165, 1.54) is 5.57 Å². The van der Waals surface area contributed by atoms with Crippen molar-refractivity contribution in [2.45, 2.75) is 83.9 Å². The highest BCUT2D eigenvalue weighted by Gasteiger charge is 2.63. The molecule has 1 nitrogen and oxygen atoms in total. The van der Waals surface area contributed by atoms with Gasteiger partial charge in [0.1, 0.15) is 11.8 Å². The van der Waals surface area contributed by atoms with Gasteiger partial charge < -0.3 is 5.11 Å². The molecule has 0 aromatic carbocycles. The van der Waals surface area contributed by atoms with Crippen molar-refractivity contribution in [1.82, 2.24) is 0 Å². The molecule has 1 N–H and O–H groups in total. The maximum absolute atomic E-state index is 13.9. The Morgan fingerprint density at radius 3 is 2.62 bits per heavy atom. The fraction of sp³-hybridized carbons (Fsp3) is 0.818. The second-order valence-corrected chi connectivity index (χ2v) is 9.33. The molecule has 3 saturated carbocycles. The van der Waals surface area contributed by atoms with Crippen LogP contribution in [0.5, 0.6) is 0 Å². The fourth-order valence-electron chi connectivity index (χ4n) is 7.04. The van der Waals surface area contributed by atoms with Gasteiger partial charge in [-0.2, -0.15) is 0 Å². The molecule has 2 heteroatoms. The predicted octanol–water partition coefficient (Wildman–Crippen LogP) is 5.04. The monoisotopic (exact) mass is 330 g/mol. The van der Waals surface area contributed by atoms with Crippen LogP contribution in [0.25, 0.3) is 0 Å². The molecule has 0 heterocycles.